The summed E-state index contributed by atoms with van der Waals surface area (Å²) in [7, 11) is 0. The first-order valence-corrected chi connectivity index (χ1v) is 6.67. The maximum absolute atomic E-state index is 10.5. The fourth-order valence-corrected chi connectivity index (χ4v) is 1.60. The van der Waals surface area contributed by atoms with Gasteiger partial charge in [0.15, 0.2) is 0 Å². The van der Waals surface area contributed by atoms with Crippen LogP contribution in [0.25, 0.3) is 0 Å². The van der Waals surface area contributed by atoms with Gasteiger partial charge in [-0.3, -0.25) is 4.79 Å². The predicted octanol–water partition coefficient (Wildman–Crippen LogP) is 3.38. The molecule has 0 aliphatic heterocycles. The number of hydrogen-bond acceptors (Lipinski definition) is 2. The molecule has 0 aromatic rings. The minimum Gasteiger partial charge on any atom is -0.481 e. The third kappa shape index (κ3) is 11.4. The SMILES string of the molecule is CC(C/C=C/CCCCCCCCO)C(=O)O. The van der Waals surface area contributed by atoms with Gasteiger partial charge in [0, 0.05) is 6.61 Å². The van der Waals surface area contributed by atoms with E-state index < -0.39 is 5.97 Å². The van der Waals surface area contributed by atoms with Crippen LogP contribution < -0.4 is 0 Å². The van der Waals surface area contributed by atoms with Crippen LogP contribution in [0, 0.1) is 5.92 Å². The fourth-order valence-electron chi connectivity index (χ4n) is 1.60. The van der Waals surface area contributed by atoms with Gasteiger partial charge in [0.2, 0.25) is 0 Å². The highest BCUT2D eigenvalue weighted by atomic mass is 16.4. The largest absolute Gasteiger partial charge is 0.481 e. The van der Waals surface area contributed by atoms with E-state index in [1.165, 1.54) is 25.7 Å². The zero-order valence-corrected chi connectivity index (χ0v) is 10.9. The smallest absolute Gasteiger partial charge is 0.306 e. The quantitative estimate of drug-likeness (QED) is 0.431. The van der Waals surface area contributed by atoms with Crippen LogP contribution in [-0.4, -0.2) is 22.8 Å². The summed E-state index contributed by atoms with van der Waals surface area (Å²) < 4.78 is 0. The highest BCUT2D eigenvalue weighted by molar-refractivity contribution is 5.69. The molecule has 0 heterocycles. The predicted molar refractivity (Wildman–Crippen MR) is 70.0 cm³/mol. The van der Waals surface area contributed by atoms with Crippen molar-refractivity contribution >= 4 is 5.97 Å². The van der Waals surface area contributed by atoms with E-state index in [4.69, 9.17) is 10.2 Å². The van der Waals surface area contributed by atoms with E-state index in [2.05, 4.69) is 6.08 Å². The van der Waals surface area contributed by atoms with Crippen LogP contribution in [0.5, 0.6) is 0 Å². The Balaban J connectivity index is 3.22. The molecule has 1 atom stereocenters. The highest BCUT2D eigenvalue weighted by Gasteiger charge is 2.06. The molecule has 0 spiro atoms. The molecule has 3 nitrogen and oxygen atoms in total. The van der Waals surface area contributed by atoms with Crippen molar-refractivity contribution in [3.63, 3.8) is 0 Å². The second-order valence-electron chi connectivity index (χ2n) is 4.58. The fraction of sp³-hybridized carbons (Fsp3) is 0.786. The van der Waals surface area contributed by atoms with Crippen molar-refractivity contribution in [2.75, 3.05) is 6.61 Å². The van der Waals surface area contributed by atoms with Gasteiger partial charge in [-0.25, -0.2) is 0 Å². The lowest BCUT2D eigenvalue weighted by atomic mass is 10.1. The zero-order valence-electron chi connectivity index (χ0n) is 10.9. The zero-order chi connectivity index (χ0) is 12.9. The Bertz CT molecular complexity index is 212. The van der Waals surface area contributed by atoms with E-state index >= 15 is 0 Å². The van der Waals surface area contributed by atoms with E-state index in [-0.39, 0.29) is 5.92 Å². The second kappa shape index (κ2) is 11.6. The van der Waals surface area contributed by atoms with Gasteiger partial charge in [0.25, 0.3) is 0 Å². The molecule has 1 unspecified atom stereocenters. The number of aliphatic hydroxyl groups is 1. The van der Waals surface area contributed by atoms with Gasteiger partial charge in [-0.15, -0.1) is 0 Å². The van der Waals surface area contributed by atoms with Crippen LogP contribution in [0.4, 0.5) is 0 Å². The van der Waals surface area contributed by atoms with Gasteiger partial charge in [0.05, 0.1) is 5.92 Å². The van der Waals surface area contributed by atoms with E-state index in [0.29, 0.717) is 13.0 Å². The van der Waals surface area contributed by atoms with Gasteiger partial charge in [-0.05, 0) is 25.7 Å². The number of carboxylic acid groups (broad SMARTS) is 1. The van der Waals surface area contributed by atoms with Gasteiger partial charge < -0.3 is 10.2 Å². The van der Waals surface area contributed by atoms with E-state index in [9.17, 15) is 4.79 Å². The molecule has 0 radical (unpaired) electrons. The number of aliphatic carboxylic acids is 1. The number of allylic oxidation sites excluding steroid dienone is 2. The van der Waals surface area contributed by atoms with Crippen molar-refractivity contribution in [3.05, 3.63) is 12.2 Å². The number of unbranched alkanes of at least 4 members (excludes halogenated alkanes) is 6. The molecule has 100 valence electrons. The average molecular weight is 242 g/mol. The van der Waals surface area contributed by atoms with E-state index in [1.54, 1.807) is 6.92 Å². The number of aliphatic hydroxyl groups excluding tert-OH is 1. The van der Waals surface area contributed by atoms with Crippen LogP contribution >= 0.6 is 0 Å². The van der Waals surface area contributed by atoms with Crippen molar-refractivity contribution in [1.29, 1.82) is 0 Å². The Morgan fingerprint density at radius 3 is 2.24 bits per heavy atom. The molecule has 0 saturated carbocycles. The highest BCUT2D eigenvalue weighted by Crippen LogP contribution is 2.08. The van der Waals surface area contributed by atoms with Gasteiger partial charge in [0.1, 0.15) is 0 Å². The van der Waals surface area contributed by atoms with Crippen molar-refractivity contribution in [1.82, 2.24) is 0 Å². The molecule has 0 saturated heterocycles. The summed E-state index contributed by atoms with van der Waals surface area (Å²) in [5.74, 6) is -0.997. The Hall–Kier alpha value is -0.830. The third-order valence-corrected chi connectivity index (χ3v) is 2.86. The van der Waals surface area contributed by atoms with Crippen LogP contribution in [0.1, 0.15) is 58.3 Å². The lowest BCUT2D eigenvalue weighted by Gasteiger charge is -2.00. The van der Waals surface area contributed by atoms with Crippen molar-refractivity contribution in [2.24, 2.45) is 5.92 Å². The molecule has 0 aromatic carbocycles. The number of carboxylic acids is 1. The Morgan fingerprint density at radius 1 is 1.06 bits per heavy atom. The maximum atomic E-state index is 10.5. The summed E-state index contributed by atoms with van der Waals surface area (Å²) in [6.07, 6.45) is 12.6. The van der Waals surface area contributed by atoms with Crippen LogP contribution in [-0.2, 0) is 4.79 Å². The first-order chi connectivity index (χ1) is 8.18. The average Bonchev–Trinajstić information content (AvgIpc) is 2.31. The molecule has 0 rings (SSSR count). The number of carbonyl (C=O) groups is 1. The normalized spacial score (nSPS) is 13.1. The Morgan fingerprint density at radius 2 is 1.65 bits per heavy atom. The lowest BCUT2D eigenvalue weighted by molar-refractivity contribution is -0.140. The molecular weight excluding hydrogens is 216 g/mol. The lowest BCUT2D eigenvalue weighted by Crippen LogP contribution is -2.07. The summed E-state index contributed by atoms with van der Waals surface area (Å²) >= 11 is 0. The topological polar surface area (TPSA) is 57.5 Å². The molecule has 0 bridgehead atoms. The minimum atomic E-state index is -0.724. The van der Waals surface area contributed by atoms with E-state index in [0.717, 1.165) is 19.3 Å². The molecule has 0 amide bonds. The summed E-state index contributed by atoms with van der Waals surface area (Å²) in [4.78, 5) is 10.5. The minimum absolute atomic E-state index is 0.273. The standard InChI is InChI=1S/C14H26O3/c1-13(14(16)17)11-9-7-5-3-2-4-6-8-10-12-15/h7,9,13,15H,2-6,8,10-12H2,1H3,(H,16,17)/b9-7+. The summed E-state index contributed by atoms with van der Waals surface area (Å²) in [5, 5.41) is 17.3. The van der Waals surface area contributed by atoms with Crippen molar-refractivity contribution in [3.8, 4) is 0 Å². The maximum Gasteiger partial charge on any atom is 0.306 e. The number of hydrogen-bond donors (Lipinski definition) is 2. The first kappa shape index (κ1) is 16.2. The summed E-state index contributed by atoms with van der Waals surface area (Å²) in [6, 6.07) is 0. The monoisotopic (exact) mass is 242 g/mol. The molecule has 0 aliphatic rings. The van der Waals surface area contributed by atoms with Crippen molar-refractivity contribution < 1.29 is 15.0 Å². The summed E-state index contributed by atoms with van der Waals surface area (Å²) in [6.45, 7) is 2.04. The third-order valence-electron chi connectivity index (χ3n) is 2.86. The molecule has 0 aromatic heterocycles. The molecular formula is C14H26O3. The molecule has 2 N–H and O–H groups in total. The Labute approximate surface area is 105 Å². The van der Waals surface area contributed by atoms with Gasteiger partial charge in [-0.1, -0.05) is 44.8 Å². The van der Waals surface area contributed by atoms with Crippen LogP contribution in [0.15, 0.2) is 12.2 Å². The van der Waals surface area contributed by atoms with Gasteiger partial charge in [-0.2, -0.15) is 0 Å². The van der Waals surface area contributed by atoms with Crippen molar-refractivity contribution in [2.45, 2.75) is 58.3 Å². The summed E-state index contributed by atoms with van der Waals surface area (Å²) in [5.41, 5.74) is 0. The second-order valence-corrected chi connectivity index (χ2v) is 4.58. The first-order valence-electron chi connectivity index (χ1n) is 6.67. The van der Waals surface area contributed by atoms with Crippen LogP contribution in [0.2, 0.25) is 0 Å². The van der Waals surface area contributed by atoms with E-state index in [1.807, 2.05) is 6.08 Å². The van der Waals surface area contributed by atoms with Gasteiger partial charge >= 0.3 is 5.97 Å². The molecule has 0 fully saturated rings. The number of rotatable bonds is 11. The molecule has 0 aliphatic carbocycles. The Kier molecular flexibility index (Phi) is 11.1. The molecule has 17 heavy (non-hydrogen) atoms. The van der Waals surface area contributed by atoms with Crippen LogP contribution in [0.3, 0.4) is 0 Å². The molecule has 3 heteroatoms.